The van der Waals surface area contributed by atoms with E-state index in [1.165, 1.54) is 5.56 Å². The van der Waals surface area contributed by atoms with E-state index in [0.29, 0.717) is 29.8 Å². The molecule has 0 N–H and O–H groups in total. The number of rotatable bonds is 9. The van der Waals surface area contributed by atoms with Gasteiger partial charge in [0.15, 0.2) is 0 Å². The number of anilines is 1. The molecule has 2 aliphatic rings. The minimum Gasteiger partial charge on any atom is -0.497 e. The zero-order valence-corrected chi connectivity index (χ0v) is 23.7. The predicted octanol–water partition coefficient (Wildman–Crippen LogP) is 5.79. The Morgan fingerprint density at radius 2 is 1.85 bits per heavy atom. The molecule has 40 heavy (non-hydrogen) atoms. The topological polar surface area (TPSA) is 95.8 Å². The van der Waals surface area contributed by atoms with Gasteiger partial charge in [-0.2, -0.15) is 0 Å². The average molecular weight is 567 g/mol. The lowest BCUT2D eigenvalue weighted by Crippen LogP contribution is -2.35. The fourth-order valence-corrected chi connectivity index (χ4v) is 5.78. The number of aromatic nitrogens is 3. The number of methoxy groups -OCH3 is 1. The first-order chi connectivity index (χ1) is 19.5. The quantitative estimate of drug-likeness (QED) is 0.303. The number of carbonyl (C=O) groups is 2. The zero-order valence-electron chi connectivity index (χ0n) is 23.0. The molecule has 10 heteroatoms. The molecule has 2 heterocycles. The average Bonchev–Trinajstić information content (AvgIpc) is 3.36. The number of hydrogen-bond acceptors (Lipinski definition) is 7. The first kappa shape index (κ1) is 28.0. The third-order valence-corrected chi connectivity index (χ3v) is 7.96. The van der Waals surface area contributed by atoms with Crippen LogP contribution in [0.25, 0.3) is 0 Å². The summed E-state index contributed by atoms with van der Waals surface area (Å²) in [6, 6.07) is 13.7. The molecule has 2 fully saturated rings. The molecule has 1 aliphatic heterocycles. The van der Waals surface area contributed by atoms with Crippen LogP contribution in [0.5, 0.6) is 11.6 Å². The van der Waals surface area contributed by atoms with Gasteiger partial charge in [-0.1, -0.05) is 35.0 Å². The van der Waals surface area contributed by atoms with Crippen molar-refractivity contribution in [3.8, 4) is 11.6 Å². The number of halogens is 1. The largest absolute Gasteiger partial charge is 0.497 e. The van der Waals surface area contributed by atoms with E-state index in [9.17, 15) is 9.59 Å². The van der Waals surface area contributed by atoms with Crippen molar-refractivity contribution in [3.05, 3.63) is 64.3 Å². The van der Waals surface area contributed by atoms with Crippen molar-refractivity contribution in [1.82, 2.24) is 15.0 Å². The highest BCUT2D eigenvalue weighted by molar-refractivity contribution is 6.33. The van der Waals surface area contributed by atoms with Crippen LogP contribution in [0.1, 0.15) is 79.4 Å². The molecule has 1 saturated carbocycles. The summed E-state index contributed by atoms with van der Waals surface area (Å²) in [7, 11) is 1.63. The van der Waals surface area contributed by atoms with E-state index in [1.807, 2.05) is 41.3 Å². The van der Waals surface area contributed by atoms with Crippen molar-refractivity contribution >= 4 is 29.2 Å². The maximum absolute atomic E-state index is 12.6. The predicted molar refractivity (Wildman–Crippen MR) is 151 cm³/mol. The normalized spacial score (nSPS) is 19.4. The van der Waals surface area contributed by atoms with Crippen LogP contribution in [0.3, 0.4) is 0 Å². The third kappa shape index (κ3) is 6.25. The number of piperidine rings is 1. The first-order valence-corrected chi connectivity index (χ1v) is 14.3. The minimum absolute atomic E-state index is 0.0849. The molecule has 3 aromatic rings. The minimum atomic E-state index is -0.547. The number of carbonyl (C=O) groups excluding carboxylic acids is 2. The van der Waals surface area contributed by atoms with Crippen molar-refractivity contribution in [2.45, 2.75) is 70.4 Å². The summed E-state index contributed by atoms with van der Waals surface area (Å²) in [5.41, 5.74) is 3.04. The molecule has 0 atom stereocenters. The van der Waals surface area contributed by atoms with Crippen LogP contribution >= 0.6 is 11.6 Å². The Balaban J connectivity index is 1.26. The van der Waals surface area contributed by atoms with E-state index >= 15 is 0 Å². The highest BCUT2D eigenvalue weighted by Gasteiger charge is 2.30. The summed E-state index contributed by atoms with van der Waals surface area (Å²) in [5.74, 6) is 1.03. The fraction of sp³-hybridized carbons (Fsp3) is 0.467. The Morgan fingerprint density at radius 1 is 1.07 bits per heavy atom. The monoisotopic (exact) mass is 566 g/mol. The summed E-state index contributed by atoms with van der Waals surface area (Å²) in [6.45, 7) is 3.11. The van der Waals surface area contributed by atoms with Crippen LogP contribution in [0.2, 0.25) is 5.02 Å². The standard InChI is InChI=1S/C30H35ClN4O5/c1-3-39-30(37)28-29(35(33-32-28)19-20-7-12-23(38-2)13-8-20)40-24-14-9-21(10-15-24)22-11-16-26(25(31)18-22)34-17-5-4-6-27(34)36/h7-8,11-13,16,18,21,24H,3-6,9-10,14-15,17,19H2,1-2H3. The molecular formula is C30H35ClN4O5. The van der Waals surface area contributed by atoms with Gasteiger partial charge in [-0.15, -0.1) is 5.10 Å². The Morgan fingerprint density at radius 3 is 2.52 bits per heavy atom. The van der Waals surface area contributed by atoms with Gasteiger partial charge in [0.05, 0.1) is 31.0 Å². The van der Waals surface area contributed by atoms with E-state index in [-0.39, 0.29) is 24.3 Å². The van der Waals surface area contributed by atoms with Gasteiger partial charge in [0.1, 0.15) is 11.9 Å². The molecule has 1 amide bonds. The van der Waals surface area contributed by atoms with Crippen molar-refractivity contribution in [2.24, 2.45) is 0 Å². The lowest BCUT2D eigenvalue weighted by atomic mass is 9.82. The Labute approximate surface area is 239 Å². The number of nitrogens with zero attached hydrogens (tertiary/aromatic N) is 4. The van der Waals surface area contributed by atoms with E-state index in [2.05, 4.69) is 16.4 Å². The molecule has 1 saturated heterocycles. The van der Waals surface area contributed by atoms with Gasteiger partial charge in [-0.25, -0.2) is 9.48 Å². The van der Waals surface area contributed by atoms with E-state index < -0.39 is 5.97 Å². The molecule has 0 unspecified atom stereocenters. The van der Waals surface area contributed by atoms with Crippen LogP contribution in [-0.2, 0) is 16.1 Å². The molecule has 1 aromatic heterocycles. The second kappa shape index (κ2) is 12.7. The van der Waals surface area contributed by atoms with Gasteiger partial charge < -0.3 is 19.1 Å². The van der Waals surface area contributed by atoms with Crippen molar-refractivity contribution in [3.63, 3.8) is 0 Å². The molecule has 2 aromatic carbocycles. The molecule has 212 valence electrons. The number of amides is 1. The third-order valence-electron chi connectivity index (χ3n) is 7.66. The van der Waals surface area contributed by atoms with Gasteiger partial charge in [0.2, 0.25) is 17.5 Å². The smallest absolute Gasteiger partial charge is 0.364 e. The number of benzene rings is 2. The Kier molecular flexibility index (Phi) is 8.89. The van der Waals surface area contributed by atoms with Crippen molar-refractivity contribution < 1.29 is 23.8 Å². The van der Waals surface area contributed by atoms with Crippen LogP contribution in [0.15, 0.2) is 42.5 Å². The second-order valence-corrected chi connectivity index (χ2v) is 10.7. The fourth-order valence-electron chi connectivity index (χ4n) is 5.48. The van der Waals surface area contributed by atoms with E-state index in [4.69, 9.17) is 25.8 Å². The molecule has 0 bridgehead atoms. The number of hydrogen-bond donors (Lipinski definition) is 0. The summed E-state index contributed by atoms with van der Waals surface area (Å²) >= 11 is 6.66. The molecule has 0 radical (unpaired) electrons. The van der Waals surface area contributed by atoms with E-state index in [1.54, 1.807) is 18.7 Å². The lowest BCUT2D eigenvalue weighted by molar-refractivity contribution is -0.119. The molecule has 0 spiro atoms. The molecule has 1 aliphatic carbocycles. The van der Waals surface area contributed by atoms with Crippen molar-refractivity contribution in [1.29, 1.82) is 0 Å². The van der Waals surface area contributed by atoms with Gasteiger partial charge in [0, 0.05) is 13.0 Å². The highest BCUT2D eigenvalue weighted by Crippen LogP contribution is 2.38. The first-order valence-electron chi connectivity index (χ1n) is 14.0. The van der Waals surface area contributed by atoms with Gasteiger partial charge in [0.25, 0.3) is 0 Å². The maximum atomic E-state index is 12.6. The van der Waals surface area contributed by atoms with Gasteiger partial charge >= 0.3 is 5.97 Å². The molecular weight excluding hydrogens is 532 g/mol. The van der Waals surface area contributed by atoms with Gasteiger partial charge in [-0.05, 0) is 86.8 Å². The molecule has 5 rings (SSSR count). The maximum Gasteiger partial charge on any atom is 0.364 e. The second-order valence-electron chi connectivity index (χ2n) is 10.3. The lowest BCUT2D eigenvalue weighted by Gasteiger charge is -2.31. The van der Waals surface area contributed by atoms with Crippen LogP contribution in [-0.4, -0.2) is 53.2 Å². The summed E-state index contributed by atoms with van der Waals surface area (Å²) in [4.78, 5) is 26.8. The summed E-state index contributed by atoms with van der Waals surface area (Å²) in [5, 5.41) is 8.94. The summed E-state index contributed by atoms with van der Waals surface area (Å²) in [6.07, 6.45) is 5.88. The summed E-state index contributed by atoms with van der Waals surface area (Å²) < 4.78 is 18.5. The Hall–Kier alpha value is -3.59. The Bertz CT molecular complexity index is 1330. The van der Waals surface area contributed by atoms with Crippen LogP contribution < -0.4 is 14.4 Å². The highest BCUT2D eigenvalue weighted by atomic mass is 35.5. The number of esters is 1. The number of ether oxygens (including phenoxy) is 3. The van der Waals surface area contributed by atoms with Gasteiger partial charge in [-0.3, -0.25) is 4.79 Å². The molecule has 9 nitrogen and oxygen atoms in total. The van der Waals surface area contributed by atoms with E-state index in [0.717, 1.165) is 62.1 Å². The van der Waals surface area contributed by atoms with Crippen molar-refractivity contribution in [2.75, 3.05) is 25.2 Å². The zero-order chi connectivity index (χ0) is 28.1. The SMILES string of the molecule is CCOC(=O)c1nnn(Cc2ccc(OC)cc2)c1OC1CCC(c2ccc(N3CCCCC3=O)c(Cl)c2)CC1. The van der Waals surface area contributed by atoms with Crippen LogP contribution in [0, 0.1) is 0 Å². The van der Waals surface area contributed by atoms with Crippen LogP contribution in [0.4, 0.5) is 5.69 Å².